The predicted molar refractivity (Wildman–Crippen MR) is 125 cm³/mol. The Labute approximate surface area is 208 Å². The molecule has 1 aliphatic carbocycles. The number of aromatic nitrogens is 3. The summed E-state index contributed by atoms with van der Waals surface area (Å²) in [5.41, 5.74) is 1.39. The predicted octanol–water partition coefficient (Wildman–Crippen LogP) is 5.22. The van der Waals surface area contributed by atoms with Gasteiger partial charge < -0.3 is 18.6 Å². The van der Waals surface area contributed by atoms with Crippen molar-refractivity contribution in [1.29, 1.82) is 0 Å². The second-order valence-corrected chi connectivity index (χ2v) is 8.65. The summed E-state index contributed by atoms with van der Waals surface area (Å²) in [5.74, 6) is 0.488. The van der Waals surface area contributed by atoms with Gasteiger partial charge in [0, 0.05) is 24.2 Å². The van der Waals surface area contributed by atoms with Crippen molar-refractivity contribution in [2.24, 2.45) is 5.92 Å². The minimum absolute atomic E-state index is 0.127. The van der Waals surface area contributed by atoms with E-state index in [1.165, 1.54) is 28.8 Å². The minimum atomic E-state index is -4.79. The first kappa shape index (κ1) is 24.3. The Morgan fingerprint density at radius 1 is 1.03 bits per heavy atom. The highest BCUT2D eigenvalue weighted by molar-refractivity contribution is 5.73. The molecule has 0 atom stereocenters. The van der Waals surface area contributed by atoms with Crippen LogP contribution in [0.5, 0.6) is 11.5 Å². The van der Waals surface area contributed by atoms with E-state index in [0.29, 0.717) is 29.2 Å². The number of carbonyl (C=O) groups is 1. The van der Waals surface area contributed by atoms with Crippen molar-refractivity contribution < 1.29 is 32.0 Å². The van der Waals surface area contributed by atoms with Gasteiger partial charge in [0.15, 0.2) is 0 Å². The zero-order valence-electron chi connectivity index (χ0n) is 19.3. The highest BCUT2D eigenvalue weighted by Gasteiger charge is 2.31. The summed E-state index contributed by atoms with van der Waals surface area (Å²) in [6.45, 7) is 0.211. The van der Waals surface area contributed by atoms with Crippen LogP contribution in [0.25, 0.3) is 22.8 Å². The largest absolute Gasteiger partial charge is 0.573 e. The first-order valence-electron chi connectivity index (χ1n) is 11.4. The van der Waals surface area contributed by atoms with Crippen LogP contribution in [0.1, 0.15) is 24.8 Å². The maximum absolute atomic E-state index is 12.5. The number of carbonyl (C=O) groups excluding carboxylic acids is 1. The lowest BCUT2D eigenvalue weighted by molar-refractivity contribution is -0.274. The molecule has 2 aromatic carbocycles. The summed E-state index contributed by atoms with van der Waals surface area (Å²) < 4.78 is 53.1. The number of pyridine rings is 1. The summed E-state index contributed by atoms with van der Waals surface area (Å²) in [4.78, 5) is 28.8. The summed E-state index contributed by atoms with van der Waals surface area (Å²) in [6.07, 6.45) is -0.709. The van der Waals surface area contributed by atoms with Crippen LogP contribution in [-0.2, 0) is 11.3 Å². The highest BCUT2D eigenvalue weighted by atomic mass is 19.4. The Kier molecular flexibility index (Phi) is 6.51. The topological polar surface area (TPSA) is 96.5 Å². The van der Waals surface area contributed by atoms with Gasteiger partial charge in [-0.25, -0.2) is 0 Å². The third-order valence-electron chi connectivity index (χ3n) is 5.64. The van der Waals surface area contributed by atoms with E-state index in [2.05, 4.69) is 14.9 Å². The molecule has 0 bridgehead atoms. The molecular weight excluding hydrogens is 491 g/mol. The summed E-state index contributed by atoms with van der Waals surface area (Å²) in [6, 6.07) is 14.9. The third-order valence-corrected chi connectivity index (χ3v) is 5.64. The summed E-state index contributed by atoms with van der Waals surface area (Å²) in [5, 5.41) is 3.88. The van der Waals surface area contributed by atoms with Gasteiger partial charge in [0.05, 0.1) is 12.1 Å². The average molecular weight is 511 g/mol. The number of alkyl halides is 3. The second kappa shape index (κ2) is 9.92. The molecule has 0 amide bonds. The lowest BCUT2D eigenvalue weighted by Gasteiger charge is -2.09. The van der Waals surface area contributed by atoms with Gasteiger partial charge in [-0.05, 0) is 66.8 Å². The molecule has 37 heavy (non-hydrogen) atoms. The lowest BCUT2D eigenvalue weighted by Crippen LogP contribution is -2.19. The molecular formula is C26H20F3N3O5. The van der Waals surface area contributed by atoms with Crippen LogP contribution in [0, 0.1) is 5.92 Å². The van der Waals surface area contributed by atoms with Crippen molar-refractivity contribution in [3.05, 3.63) is 82.8 Å². The van der Waals surface area contributed by atoms with Gasteiger partial charge in [-0.2, -0.15) is 4.98 Å². The molecule has 0 radical (unpaired) electrons. The summed E-state index contributed by atoms with van der Waals surface area (Å²) >= 11 is 0. The Balaban J connectivity index is 1.30. The first-order valence-corrected chi connectivity index (χ1v) is 11.4. The molecule has 0 N–H and O–H groups in total. The van der Waals surface area contributed by atoms with Gasteiger partial charge in [0.25, 0.3) is 11.4 Å². The van der Waals surface area contributed by atoms with Gasteiger partial charge in [-0.1, -0.05) is 17.3 Å². The Morgan fingerprint density at radius 3 is 2.51 bits per heavy atom. The van der Waals surface area contributed by atoms with Crippen LogP contribution in [0.4, 0.5) is 13.2 Å². The van der Waals surface area contributed by atoms with E-state index in [9.17, 15) is 22.8 Å². The number of hydrogen-bond acceptors (Lipinski definition) is 7. The van der Waals surface area contributed by atoms with E-state index in [0.717, 1.165) is 30.5 Å². The normalized spacial score (nSPS) is 13.4. The third kappa shape index (κ3) is 6.43. The molecule has 0 saturated heterocycles. The molecule has 1 saturated carbocycles. The molecule has 8 nitrogen and oxygen atoms in total. The summed E-state index contributed by atoms with van der Waals surface area (Å²) in [7, 11) is 0. The van der Waals surface area contributed by atoms with Crippen LogP contribution in [-0.4, -0.2) is 27.0 Å². The second-order valence-electron chi connectivity index (χ2n) is 8.65. The van der Waals surface area contributed by atoms with E-state index in [4.69, 9.17) is 9.26 Å². The molecule has 0 unspecified atom stereocenters. The van der Waals surface area contributed by atoms with Crippen molar-refractivity contribution in [2.75, 3.05) is 0 Å². The number of halogens is 3. The van der Waals surface area contributed by atoms with Crippen LogP contribution >= 0.6 is 0 Å². The van der Waals surface area contributed by atoms with Crippen molar-refractivity contribution >= 4 is 5.97 Å². The van der Waals surface area contributed by atoms with E-state index < -0.39 is 6.36 Å². The molecule has 2 heterocycles. The maximum atomic E-state index is 12.5. The molecule has 11 heteroatoms. The Hall–Kier alpha value is -4.41. The molecule has 190 valence electrons. The number of esters is 1. The van der Waals surface area contributed by atoms with Gasteiger partial charge in [-0.15, -0.1) is 13.2 Å². The van der Waals surface area contributed by atoms with Gasteiger partial charge in [0.1, 0.15) is 11.5 Å². The maximum Gasteiger partial charge on any atom is 0.573 e. The Morgan fingerprint density at radius 2 is 1.78 bits per heavy atom. The lowest BCUT2D eigenvalue weighted by atomic mass is 10.2. The van der Waals surface area contributed by atoms with Crippen molar-refractivity contribution in [3.8, 4) is 34.3 Å². The van der Waals surface area contributed by atoms with Crippen molar-refractivity contribution in [2.45, 2.75) is 32.2 Å². The SMILES string of the molecule is O=C(CC1CC1)Oc1cccc(Cn2cc(-c3nc(-c4ccc(OC(F)(F)F)cc4)no3)ccc2=O)c1. The number of ether oxygens (including phenoxy) is 2. The van der Waals surface area contributed by atoms with Crippen LogP contribution in [0.3, 0.4) is 0 Å². The number of hydrogen-bond donors (Lipinski definition) is 0. The molecule has 1 aliphatic rings. The zero-order chi connectivity index (χ0) is 26.0. The van der Waals surface area contributed by atoms with Crippen LogP contribution in [0.15, 0.2) is 76.2 Å². The minimum Gasteiger partial charge on any atom is -0.427 e. The Bertz CT molecular complexity index is 1470. The number of rotatable bonds is 8. The molecule has 0 spiro atoms. The van der Waals surface area contributed by atoms with E-state index in [1.807, 2.05) is 6.07 Å². The fourth-order valence-corrected chi connectivity index (χ4v) is 3.68. The quantitative estimate of drug-likeness (QED) is 0.236. The molecule has 5 rings (SSSR count). The van der Waals surface area contributed by atoms with Crippen molar-refractivity contribution in [1.82, 2.24) is 14.7 Å². The smallest absolute Gasteiger partial charge is 0.427 e. The number of benzene rings is 2. The molecule has 1 fully saturated rings. The van der Waals surface area contributed by atoms with Crippen molar-refractivity contribution in [3.63, 3.8) is 0 Å². The van der Waals surface area contributed by atoms with Crippen LogP contribution in [0.2, 0.25) is 0 Å². The number of nitrogens with zero attached hydrogens (tertiary/aromatic N) is 3. The standard InChI is InChI=1S/C26H20F3N3O5/c27-26(28,29)36-20-9-6-18(7-10-20)24-30-25(37-31-24)19-8-11-22(33)32(15-19)14-17-2-1-3-21(12-17)35-23(34)13-16-4-5-16/h1-3,6-12,15-16H,4-5,13-14H2. The average Bonchev–Trinajstić information content (AvgIpc) is 3.51. The molecule has 4 aromatic rings. The van der Waals surface area contributed by atoms with Gasteiger partial charge >= 0.3 is 12.3 Å². The monoisotopic (exact) mass is 511 g/mol. The fourth-order valence-electron chi connectivity index (χ4n) is 3.68. The highest BCUT2D eigenvalue weighted by Crippen LogP contribution is 2.33. The van der Waals surface area contributed by atoms with E-state index in [-0.39, 0.29) is 35.5 Å². The molecule has 2 aromatic heterocycles. The van der Waals surface area contributed by atoms with Gasteiger partial charge in [0.2, 0.25) is 5.82 Å². The van der Waals surface area contributed by atoms with Crippen LogP contribution < -0.4 is 15.0 Å². The van der Waals surface area contributed by atoms with E-state index in [1.54, 1.807) is 24.4 Å². The fraction of sp³-hybridized carbons (Fsp3) is 0.231. The van der Waals surface area contributed by atoms with E-state index >= 15 is 0 Å². The van der Waals surface area contributed by atoms with Gasteiger partial charge in [-0.3, -0.25) is 9.59 Å². The molecule has 0 aliphatic heterocycles. The first-order chi connectivity index (χ1) is 17.7. The zero-order valence-corrected chi connectivity index (χ0v) is 19.3.